The lowest BCUT2D eigenvalue weighted by molar-refractivity contribution is -0.112. The van der Waals surface area contributed by atoms with E-state index in [0.29, 0.717) is 0 Å². The molecule has 64 valence electrons. The van der Waals surface area contributed by atoms with Crippen molar-refractivity contribution in [1.82, 2.24) is 0 Å². The molecule has 12 heavy (non-hydrogen) atoms. The molecule has 2 nitrogen and oxygen atoms in total. The van der Waals surface area contributed by atoms with Crippen molar-refractivity contribution in [3.05, 3.63) is 34.3 Å². The van der Waals surface area contributed by atoms with E-state index in [9.17, 15) is 4.79 Å². The Morgan fingerprint density at radius 2 is 1.92 bits per heavy atom. The molecule has 1 atom stereocenters. The van der Waals surface area contributed by atoms with Gasteiger partial charge in [-0.1, -0.05) is 28.1 Å². The predicted octanol–water partition coefficient (Wildman–Crippen LogP) is 1.82. The van der Waals surface area contributed by atoms with Gasteiger partial charge in [0, 0.05) is 4.47 Å². The average molecular weight is 228 g/mol. The van der Waals surface area contributed by atoms with Crippen LogP contribution in [0.2, 0.25) is 0 Å². The van der Waals surface area contributed by atoms with Crippen LogP contribution >= 0.6 is 15.9 Å². The summed E-state index contributed by atoms with van der Waals surface area (Å²) >= 11 is 3.30. The summed E-state index contributed by atoms with van der Waals surface area (Å²) in [6.07, 6.45) is 0.746. The van der Waals surface area contributed by atoms with Crippen molar-refractivity contribution in [2.75, 3.05) is 0 Å². The van der Waals surface area contributed by atoms with Gasteiger partial charge in [0.25, 0.3) is 0 Å². The van der Waals surface area contributed by atoms with E-state index in [1.54, 1.807) is 6.92 Å². The van der Waals surface area contributed by atoms with E-state index in [0.717, 1.165) is 16.3 Å². The van der Waals surface area contributed by atoms with Crippen LogP contribution in [0.5, 0.6) is 0 Å². The number of hydrogen-bond donors (Lipinski definition) is 1. The first-order chi connectivity index (χ1) is 5.56. The van der Waals surface area contributed by atoms with Crippen LogP contribution in [0.4, 0.5) is 0 Å². The van der Waals surface area contributed by atoms with E-state index in [2.05, 4.69) is 15.9 Å². The van der Waals surface area contributed by atoms with E-state index in [1.807, 2.05) is 24.3 Å². The van der Waals surface area contributed by atoms with Gasteiger partial charge >= 0.3 is 0 Å². The Hall–Kier alpha value is -0.670. The van der Waals surface area contributed by atoms with Gasteiger partial charge in [0.15, 0.2) is 0 Å². The largest absolute Gasteiger partial charge is 0.316 e. The summed E-state index contributed by atoms with van der Waals surface area (Å²) in [6, 6.07) is 7.39. The summed E-state index contributed by atoms with van der Waals surface area (Å²) in [4.78, 5) is 10.6. The fourth-order valence-corrected chi connectivity index (χ4v) is 1.14. The van der Waals surface area contributed by atoms with Gasteiger partial charge in [-0.15, -0.1) is 0 Å². The lowest BCUT2D eigenvalue weighted by atomic mass is 9.95. The quantitative estimate of drug-likeness (QED) is 0.784. The maximum absolute atomic E-state index is 10.6. The highest BCUT2D eigenvalue weighted by molar-refractivity contribution is 9.10. The molecule has 0 saturated heterocycles. The van der Waals surface area contributed by atoms with E-state index < -0.39 is 5.54 Å². The van der Waals surface area contributed by atoms with Crippen molar-refractivity contribution in [2.45, 2.75) is 12.5 Å². The zero-order valence-corrected chi connectivity index (χ0v) is 8.34. The third kappa shape index (κ3) is 1.93. The SMILES string of the molecule is CC(N)(C=O)c1ccc(Br)cc1. The summed E-state index contributed by atoms with van der Waals surface area (Å²) in [6.45, 7) is 1.68. The number of carbonyl (C=O) groups excluding carboxylic acids is 1. The van der Waals surface area contributed by atoms with Crippen molar-refractivity contribution in [3.8, 4) is 0 Å². The van der Waals surface area contributed by atoms with Gasteiger partial charge in [0.2, 0.25) is 0 Å². The highest BCUT2D eigenvalue weighted by Crippen LogP contribution is 2.18. The molecule has 2 N–H and O–H groups in total. The molecule has 3 heteroatoms. The van der Waals surface area contributed by atoms with Crippen LogP contribution in [-0.2, 0) is 10.3 Å². The van der Waals surface area contributed by atoms with Crippen LogP contribution < -0.4 is 5.73 Å². The Morgan fingerprint density at radius 3 is 2.33 bits per heavy atom. The molecular weight excluding hydrogens is 218 g/mol. The Bertz CT molecular complexity index is 279. The zero-order chi connectivity index (χ0) is 9.19. The van der Waals surface area contributed by atoms with Gasteiger partial charge < -0.3 is 10.5 Å². The maximum atomic E-state index is 10.6. The van der Waals surface area contributed by atoms with Gasteiger partial charge in [-0.25, -0.2) is 0 Å². The number of nitrogens with two attached hydrogens (primary N) is 1. The number of carbonyl (C=O) groups is 1. The van der Waals surface area contributed by atoms with Crippen molar-refractivity contribution >= 4 is 22.2 Å². The molecule has 0 saturated carbocycles. The first-order valence-corrected chi connectivity index (χ1v) is 4.37. The average Bonchev–Trinajstić information content (AvgIpc) is 2.05. The fraction of sp³-hybridized carbons (Fsp3) is 0.222. The summed E-state index contributed by atoms with van der Waals surface area (Å²) < 4.78 is 0.980. The minimum atomic E-state index is -0.874. The monoisotopic (exact) mass is 227 g/mol. The van der Waals surface area contributed by atoms with Crippen molar-refractivity contribution in [3.63, 3.8) is 0 Å². The molecule has 0 bridgehead atoms. The molecule has 0 radical (unpaired) electrons. The third-order valence-electron chi connectivity index (χ3n) is 1.71. The Balaban J connectivity index is 3.04. The zero-order valence-electron chi connectivity index (χ0n) is 6.75. The summed E-state index contributed by atoms with van der Waals surface area (Å²) in [5.41, 5.74) is 5.65. The summed E-state index contributed by atoms with van der Waals surface area (Å²) in [5.74, 6) is 0. The van der Waals surface area contributed by atoms with Crippen LogP contribution in [0.25, 0.3) is 0 Å². The molecule has 1 rings (SSSR count). The van der Waals surface area contributed by atoms with Gasteiger partial charge in [-0.2, -0.15) is 0 Å². The highest BCUT2D eigenvalue weighted by Gasteiger charge is 2.19. The number of rotatable bonds is 2. The van der Waals surface area contributed by atoms with Crippen LogP contribution in [0.1, 0.15) is 12.5 Å². The normalized spacial score (nSPS) is 15.2. The minimum Gasteiger partial charge on any atom is -0.316 e. The van der Waals surface area contributed by atoms with Crippen LogP contribution in [-0.4, -0.2) is 6.29 Å². The van der Waals surface area contributed by atoms with Crippen molar-refractivity contribution < 1.29 is 4.79 Å². The molecule has 1 aromatic carbocycles. The minimum absolute atomic E-state index is 0.746. The van der Waals surface area contributed by atoms with E-state index in [-0.39, 0.29) is 0 Å². The lowest BCUT2D eigenvalue weighted by Gasteiger charge is -2.16. The molecule has 0 aliphatic rings. The van der Waals surface area contributed by atoms with Crippen LogP contribution in [0.15, 0.2) is 28.7 Å². The molecular formula is C9H10BrNO. The molecule has 0 aliphatic heterocycles. The second-order valence-corrected chi connectivity index (χ2v) is 3.82. The molecule has 0 fully saturated rings. The van der Waals surface area contributed by atoms with Gasteiger partial charge in [0.05, 0.1) is 5.54 Å². The maximum Gasteiger partial charge on any atom is 0.144 e. The molecule has 0 heterocycles. The number of halogens is 1. The molecule has 0 amide bonds. The lowest BCUT2D eigenvalue weighted by Crippen LogP contribution is -2.34. The molecule has 1 aromatic rings. The number of hydrogen-bond acceptors (Lipinski definition) is 2. The smallest absolute Gasteiger partial charge is 0.144 e. The van der Waals surface area contributed by atoms with Crippen LogP contribution in [0, 0.1) is 0 Å². The summed E-state index contributed by atoms with van der Waals surface area (Å²) in [5, 5.41) is 0. The second kappa shape index (κ2) is 3.37. The standard InChI is InChI=1S/C9H10BrNO/c1-9(11,6-12)7-2-4-8(10)5-3-7/h2-6H,11H2,1H3. The topological polar surface area (TPSA) is 43.1 Å². The molecule has 0 aliphatic carbocycles. The Labute approximate surface area is 79.9 Å². The van der Waals surface area contributed by atoms with Crippen LogP contribution in [0.3, 0.4) is 0 Å². The van der Waals surface area contributed by atoms with Gasteiger partial charge in [0.1, 0.15) is 6.29 Å². The first-order valence-electron chi connectivity index (χ1n) is 3.57. The molecule has 0 aromatic heterocycles. The van der Waals surface area contributed by atoms with E-state index >= 15 is 0 Å². The first kappa shape index (κ1) is 9.42. The molecule has 1 unspecified atom stereocenters. The summed E-state index contributed by atoms with van der Waals surface area (Å²) in [7, 11) is 0. The highest BCUT2D eigenvalue weighted by atomic mass is 79.9. The van der Waals surface area contributed by atoms with E-state index in [4.69, 9.17) is 5.73 Å². The van der Waals surface area contributed by atoms with Crippen molar-refractivity contribution in [1.29, 1.82) is 0 Å². The Morgan fingerprint density at radius 1 is 1.42 bits per heavy atom. The van der Waals surface area contributed by atoms with E-state index in [1.165, 1.54) is 0 Å². The van der Waals surface area contributed by atoms with Gasteiger partial charge in [-0.3, -0.25) is 0 Å². The Kier molecular flexibility index (Phi) is 2.65. The number of aldehydes is 1. The van der Waals surface area contributed by atoms with Crippen molar-refractivity contribution in [2.24, 2.45) is 5.73 Å². The number of benzene rings is 1. The third-order valence-corrected chi connectivity index (χ3v) is 2.24. The predicted molar refractivity (Wildman–Crippen MR) is 51.7 cm³/mol. The van der Waals surface area contributed by atoms with Gasteiger partial charge in [-0.05, 0) is 24.6 Å². The molecule has 0 spiro atoms. The fourth-order valence-electron chi connectivity index (χ4n) is 0.877. The second-order valence-electron chi connectivity index (χ2n) is 2.91.